The third-order valence-corrected chi connectivity index (χ3v) is 3.05. The molecule has 0 saturated heterocycles. The highest BCUT2D eigenvalue weighted by Crippen LogP contribution is 2.13. The van der Waals surface area contributed by atoms with Crippen LogP contribution in [0.2, 0.25) is 0 Å². The first-order chi connectivity index (χ1) is 8.95. The maximum absolute atomic E-state index is 13.7. The molecule has 1 aromatic rings. The van der Waals surface area contributed by atoms with Crippen LogP contribution in [0.5, 0.6) is 0 Å². The molecule has 0 atom stereocenters. The van der Waals surface area contributed by atoms with E-state index < -0.39 is 5.82 Å². The molecule has 0 unspecified atom stereocenters. The zero-order chi connectivity index (χ0) is 14.4. The molecule has 0 radical (unpaired) electrons. The summed E-state index contributed by atoms with van der Waals surface area (Å²) in [7, 11) is 4.00. The molecule has 4 heteroatoms. The second-order valence-corrected chi connectivity index (χ2v) is 5.02. The van der Waals surface area contributed by atoms with E-state index in [0.717, 1.165) is 18.5 Å². The van der Waals surface area contributed by atoms with Crippen LogP contribution >= 0.6 is 0 Å². The molecule has 0 aliphatic heterocycles. The van der Waals surface area contributed by atoms with E-state index in [1.165, 1.54) is 6.07 Å². The van der Waals surface area contributed by atoms with Gasteiger partial charge >= 0.3 is 0 Å². The number of carbonyl (C=O) groups excluding carboxylic acids is 1. The average molecular weight is 266 g/mol. The van der Waals surface area contributed by atoms with Gasteiger partial charge in [-0.1, -0.05) is 11.6 Å². The van der Waals surface area contributed by atoms with Gasteiger partial charge in [0.05, 0.1) is 5.56 Å². The maximum atomic E-state index is 13.7. The van der Waals surface area contributed by atoms with E-state index in [1.54, 1.807) is 17.0 Å². The molecule has 0 aliphatic rings. The van der Waals surface area contributed by atoms with E-state index in [9.17, 15) is 9.18 Å². The third kappa shape index (κ3) is 4.63. The minimum Gasteiger partial charge on any atom is -0.339 e. The molecule has 0 saturated carbocycles. The number of aryl methyl sites for hydroxylation is 1. The fraction of sp³-hybridized carbons (Fsp3) is 0.533. The van der Waals surface area contributed by atoms with E-state index in [4.69, 9.17) is 0 Å². The Hall–Kier alpha value is -1.42. The first-order valence-corrected chi connectivity index (χ1v) is 6.65. The summed E-state index contributed by atoms with van der Waals surface area (Å²) in [5, 5.41) is 0. The monoisotopic (exact) mass is 266 g/mol. The van der Waals surface area contributed by atoms with Crippen molar-refractivity contribution in [2.75, 3.05) is 33.7 Å². The quantitative estimate of drug-likeness (QED) is 0.790. The number of amides is 1. The van der Waals surface area contributed by atoms with Gasteiger partial charge in [0.2, 0.25) is 0 Å². The molecule has 3 nitrogen and oxygen atoms in total. The lowest BCUT2D eigenvalue weighted by atomic mass is 10.1. The van der Waals surface area contributed by atoms with Crippen molar-refractivity contribution in [1.82, 2.24) is 9.80 Å². The summed E-state index contributed by atoms with van der Waals surface area (Å²) in [4.78, 5) is 16.1. The lowest BCUT2D eigenvalue weighted by molar-refractivity contribution is 0.0754. The average Bonchev–Trinajstić information content (AvgIpc) is 2.36. The SMILES string of the molecule is CCN(CCCN(C)C)C(=O)c1cc(C)ccc1F. The highest BCUT2D eigenvalue weighted by atomic mass is 19.1. The predicted octanol–water partition coefficient (Wildman–Crippen LogP) is 2.55. The van der Waals surface area contributed by atoms with Crippen molar-refractivity contribution in [3.8, 4) is 0 Å². The van der Waals surface area contributed by atoms with E-state index in [-0.39, 0.29) is 11.5 Å². The maximum Gasteiger partial charge on any atom is 0.256 e. The van der Waals surface area contributed by atoms with Crippen LogP contribution in [0.25, 0.3) is 0 Å². The molecule has 0 N–H and O–H groups in total. The van der Waals surface area contributed by atoms with Crippen LogP contribution < -0.4 is 0 Å². The summed E-state index contributed by atoms with van der Waals surface area (Å²) < 4.78 is 13.7. The first-order valence-electron chi connectivity index (χ1n) is 6.65. The molecule has 0 aromatic heterocycles. The van der Waals surface area contributed by atoms with Gasteiger partial charge in [-0.15, -0.1) is 0 Å². The number of hydrogen-bond donors (Lipinski definition) is 0. The Kier molecular flexibility index (Phi) is 5.96. The van der Waals surface area contributed by atoms with Gasteiger partial charge in [-0.3, -0.25) is 4.79 Å². The van der Waals surface area contributed by atoms with Gasteiger partial charge in [-0.2, -0.15) is 0 Å². The summed E-state index contributed by atoms with van der Waals surface area (Å²) in [5.41, 5.74) is 1.07. The summed E-state index contributed by atoms with van der Waals surface area (Å²) in [6.45, 7) is 5.94. The van der Waals surface area contributed by atoms with Crippen molar-refractivity contribution in [3.05, 3.63) is 35.1 Å². The van der Waals surface area contributed by atoms with Gasteiger partial charge in [0.25, 0.3) is 5.91 Å². The molecular formula is C15H23FN2O. The zero-order valence-corrected chi connectivity index (χ0v) is 12.2. The van der Waals surface area contributed by atoms with E-state index in [2.05, 4.69) is 4.90 Å². The molecule has 1 aromatic carbocycles. The van der Waals surface area contributed by atoms with Crippen molar-refractivity contribution in [1.29, 1.82) is 0 Å². The molecular weight excluding hydrogens is 243 g/mol. The van der Waals surface area contributed by atoms with Crippen molar-refractivity contribution < 1.29 is 9.18 Å². The Morgan fingerprint density at radius 1 is 1.26 bits per heavy atom. The van der Waals surface area contributed by atoms with Crippen molar-refractivity contribution in [2.45, 2.75) is 20.3 Å². The van der Waals surface area contributed by atoms with Gasteiger partial charge in [-0.25, -0.2) is 4.39 Å². The predicted molar refractivity (Wildman–Crippen MR) is 75.9 cm³/mol. The zero-order valence-electron chi connectivity index (χ0n) is 12.2. The third-order valence-electron chi connectivity index (χ3n) is 3.05. The Bertz CT molecular complexity index is 432. The standard InChI is InChI=1S/C15H23FN2O/c1-5-18(10-6-9-17(3)4)15(19)13-11-12(2)7-8-14(13)16/h7-8,11H,5-6,9-10H2,1-4H3. The first kappa shape index (κ1) is 15.6. The largest absolute Gasteiger partial charge is 0.339 e. The summed E-state index contributed by atoms with van der Waals surface area (Å²) in [6, 6.07) is 4.65. The van der Waals surface area contributed by atoms with Crippen LogP contribution in [-0.2, 0) is 0 Å². The van der Waals surface area contributed by atoms with Crippen molar-refractivity contribution >= 4 is 5.91 Å². The summed E-state index contributed by atoms with van der Waals surface area (Å²) >= 11 is 0. The van der Waals surface area contributed by atoms with Crippen LogP contribution in [0.4, 0.5) is 4.39 Å². The lowest BCUT2D eigenvalue weighted by Crippen LogP contribution is -2.33. The summed E-state index contributed by atoms with van der Waals surface area (Å²) in [5.74, 6) is -0.663. The normalized spacial score (nSPS) is 10.8. The number of nitrogens with zero attached hydrogens (tertiary/aromatic N) is 2. The van der Waals surface area contributed by atoms with E-state index in [0.29, 0.717) is 13.1 Å². The van der Waals surface area contributed by atoms with Crippen LogP contribution in [0.15, 0.2) is 18.2 Å². The lowest BCUT2D eigenvalue weighted by Gasteiger charge is -2.22. The number of halogens is 1. The topological polar surface area (TPSA) is 23.6 Å². The summed E-state index contributed by atoms with van der Waals surface area (Å²) in [6.07, 6.45) is 0.889. The Labute approximate surface area is 115 Å². The molecule has 19 heavy (non-hydrogen) atoms. The number of rotatable bonds is 6. The second kappa shape index (κ2) is 7.24. The fourth-order valence-electron chi connectivity index (χ4n) is 1.95. The number of carbonyl (C=O) groups is 1. The molecule has 0 aliphatic carbocycles. The molecule has 106 valence electrons. The van der Waals surface area contributed by atoms with Gasteiger partial charge in [0, 0.05) is 13.1 Å². The van der Waals surface area contributed by atoms with Crippen LogP contribution in [0.3, 0.4) is 0 Å². The van der Waals surface area contributed by atoms with Crippen LogP contribution in [-0.4, -0.2) is 49.4 Å². The Morgan fingerprint density at radius 2 is 1.95 bits per heavy atom. The number of hydrogen-bond acceptors (Lipinski definition) is 2. The van der Waals surface area contributed by atoms with Crippen LogP contribution in [0, 0.1) is 12.7 Å². The Morgan fingerprint density at radius 3 is 2.53 bits per heavy atom. The second-order valence-electron chi connectivity index (χ2n) is 5.02. The van der Waals surface area contributed by atoms with Crippen molar-refractivity contribution in [3.63, 3.8) is 0 Å². The highest BCUT2D eigenvalue weighted by molar-refractivity contribution is 5.94. The van der Waals surface area contributed by atoms with Gasteiger partial charge in [-0.05, 0) is 53.0 Å². The highest BCUT2D eigenvalue weighted by Gasteiger charge is 2.17. The van der Waals surface area contributed by atoms with Gasteiger partial charge < -0.3 is 9.80 Å². The minimum atomic E-state index is -0.443. The molecule has 0 heterocycles. The van der Waals surface area contributed by atoms with Crippen molar-refractivity contribution in [2.24, 2.45) is 0 Å². The molecule has 0 bridgehead atoms. The van der Waals surface area contributed by atoms with Gasteiger partial charge in [0.1, 0.15) is 5.82 Å². The molecule has 0 spiro atoms. The molecule has 1 rings (SSSR count). The number of benzene rings is 1. The van der Waals surface area contributed by atoms with Crippen LogP contribution in [0.1, 0.15) is 29.3 Å². The fourth-order valence-corrected chi connectivity index (χ4v) is 1.95. The molecule has 0 fully saturated rings. The minimum absolute atomic E-state index is 0.173. The molecule has 1 amide bonds. The Balaban J connectivity index is 2.75. The smallest absolute Gasteiger partial charge is 0.256 e. The van der Waals surface area contributed by atoms with E-state index >= 15 is 0 Å². The van der Waals surface area contributed by atoms with Gasteiger partial charge in [0.15, 0.2) is 0 Å². The van der Waals surface area contributed by atoms with E-state index in [1.807, 2.05) is 27.9 Å².